The molecule has 1 unspecified atom stereocenters. The molecule has 1 atom stereocenters. The molecule has 0 aromatic carbocycles. The van der Waals surface area contributed by atoms with Gasteiger partial charge in [-0.1, -0.05) is 6.92 Å². The molecule has 0 fully saturated rings. The molecule has 0 aromatic rings. The van der Waals surface area contributed by atoms with E-state index in [4.69, 9.17) is 11.0 Å². The molecule has 0 bridgehead atoms. The summed E-state index contributed by atoms with van der Waals surface area (Å²) in [7, 11) is 0. The van der Waals surface area contributed by atoms with E-state index in [1.807, 2.05) is 0 Å². The summed E-state index contributed by atoms with van der Waals surface area (Å²) in [6.07, 6.45) is 1.76. The second kappa shape index (κ2) is 6.01. The Labute approximate surface area is 55.8 Å². The highest BCUT2D eigenvalue weighted by Gasteiger charge is 1.98. The van der Waals surface area contributed by atoms with Crippen molar-refractivity contribution in [1.82, 2.24) is 0 Å². The van der Waals surface area contributed by atoms with Gasteiger partial charge in [-0.3, -0.25) is 0 Å². The first-order valence-corrected chi connectivity index (χ1v) is 3.23. The van der Waals surface area contributed by atoms with Gasteiger partial charge in [-0.2, -0.15) is 0 Å². The zero-order valence-corrected chi connectivity index (χ0v) is 5.84. The van der Waals surface area contributed by atoms with E-state index in [-0.39, 0.29) is 6.61 Å². The van der Waals surface area contributed by atoms with Gasteiger partial charge in [-0.15, -0.1) is 0 Å². The molecule has 56 valence electrons. The Morgan fingerprint density at radius 2 is 2.22 bits per heavy atom. The normalized spacial score (nSPS) is 13.7. The fourth-order valence-electron chi connectivity index (χ4n) is 0.634. The zero-order valence-electron chi connectivity index (χ0n) is 5.84. The molecule has 0 saturated carbocycles. The highest BCUT2D eigenvalue weighted by atomic mass is 16.6. The van der Waals surface area contributed by atoms with Gasteiger partial charge in [0.1, 0.15) is 0 Å². The topological polar surface area (TPSA) is 55.5 Å². The van der Waals surface area contributed by atoms with Gasteiger partial charge < -0.3 is 9.94 Å². The number of hydrogen-bond donors (Lipinski definition) is 2. The van der Waals surface area contributed by atoms with Gasteiger partial charge in [0.15, 0.2) is 0 Å². The molecule has 0 aliphatic carbocycles. The molecule has 0 spiro atoms. The van der Waals surface area contributed by atoms with Crippen molar-refractivity contribution in [3.8, 4) is 0 Å². The van der Waals surface area contributed by atoms with E-state index in [1.165, 1.54) is 0 Å². The first-order chi connectivity index (χ1) is 4.31. The fraction of sp³-hybridized carbons (Fsp3) is 1.00. The van der Waals surface area contributed by atoms with Crippen molar-refractivity contribution in [2.45, 2.75) is 19.8 Å². The fourth-order valence-corrected chi connectivity index (χ4v) is 0.634. The maximum absolute atomic E-state index is 8.46. The van der Waals surface area contributed by atoms with E-state index in [1.54, 1.807) is 0 Å². The Kier molecular flexibility index (Phi) is 5.93. The van der Waals surface area contributed by atoms with Crippen molar-refractivity contribution in [3.05, 3.63) is 0 Å². The van der Waals surface area contributed by atoms with Crippen molar-refractivity contribution in [1.29, 1.82) is 0 Å². The average Bonchev–Trinajstić information content (AvgIpc) is 1.85. The SMILES string of the molecule is CC(CCO)CCON. The minimum atomic E-state index is 0.256. The van der Waals surface area contributed by atoms with Crippen LogP contribution in [-0.2, 0) is 4.84 Å². The molecular weight excluding hydrogens is 118 g/mol. The smallest absolute Gasteiger partial charge is 0.0681 e. The first-order valence-electron chi connectivity index (χ1n) is 3.23. The summed E-state index contributed by atoms with van der Waals surface area (Å²) < 4.78 is 0. The molecule has 3 heteroatoms. The lowest BCUT2D eigenvalue weighted by Crippen LogP contribution is -2.06. The molecule has 3 nitrogen and oxygen atoms in total. The van der Waals surface area contributed by atoms with Crippen LogP contribution in [0.25, 0.3) is 0 Å². The molecule has 9 heavy (non-hydrogen) atoms. The highest BCUT2D eigenvalue weighted by Crippen LogP contribution is 2.04. The van der Waals surface area contributed by atoms with Crippen molar-refractivity contribution >= 4 is 0 Å². The van der Waals surface area contributed by atoms with Crippen LogP contribution in [0, 0.1) is 5.92 Å². The molecule has 0 rings (SSSR count). The van der Waals surface area contributed by atoms with Gasteiger partial charge in [-0.25, -0.2) is 5.90 Å². The summed E-state index contributed by atoms with van der Waals surface area (Å²) >= 11 is 0. The first kappa shape index (κ1) is 8.88. The number of aliphatic hydroxyl groups is 1. The van der Waals surface area contributed by atoms with Crippen LogP contribution in [0.5, 0.6) is 0 Å². The number of hydrogen-bond acceptors (Lipinski definition) is 3. The molecular formula is C6H15NO2. The van der Waals surface area contributed by atoms with Gasteiger partial charge in [0.05, 0.1) is 6.61 Å². The Balaban J connectivity index is 2.95. The van der Waals surface area contributed by atoms with Gasteiger partial charge in [-0.05, 0) is 18.8 Å². The van der Waals surface area contributed by atoms with E-state index < -0.39 is 0 Å². The van der Waals surface area contributed by atoms with Crippen LogP contribution < -0.4 is 5.90 Å². The summed E-state index contributed by atoms with van der Waals surface area (Å²) in [5.74, 6) is 5.32. The largest absolute Gasteiger partial charge is 0.396 e. The summed E-state index contributed by atoms with van der Waals surface area (Å²) in [5, 5.41) is 8.46. The van der Waals surface area contributed by atoms with Crippen LogP contribution in [0.1, 0.15) is 19.8 Å². The number of aliphatic hydroxyl groups excluding tert-OH is 1. The number of rotatable bonds is 5. The lowest BCUT2D eigenvalue weighted by Gasteiger charge is -2.06. The van der Waals surface area contributed by atoms with Gasteiger partial charge in [0.25, 0.3) is 0 Å². The maximum atomic E-state index is 8.46. The highest BCUT2D eigenvalue weighted by molar-refractivity contribution is 4.49. The summed E-state index contributed by atoms with van der Waals surface area (Å²) in [4.78, 5) is 4.38. The molecule has 0 heterocycles. The summed E-state index contributed by atoms with van der Waals surface area (Å²) in [6.45, 7) is 2.90. The predicted molar refractivity (Wildman–Crippen MR) is 35.6 cm³/mol. The van der Waals surface area contributed by atoms with Crippen molar-refractivity contribution in [3.63, 3.8) is 0 Å². The lowest BCUT2D eigenvalue weighted by molar-refractivity contribution is 0.120. The molecule has 3 N–H and O–H groups in total. The van der Waals surface area contributed by atoms with Crippen LogP contribution in [0.4, 0.5) is 0 Å². The number of nitrogens with two attached hydrogens (primary N) is 1. The van der Waals surface area contributed by atoms with Gasteiger partial charge >= 0.3 is 0 Å². The third-order valence-corrected chi connectivity index (χ3v) is 1.35. The Morgan fingerprint density at radius 1 is 1.56 bits per heavy atom. The van der Waals surface area contributed by atoms with Gasteiger partial charge in [0, 0.05) is 6.61 Å². The molecule has 0 aliphatic rings. The minimum Gasteiger partial charge on any atom is -0.396 e. The molecule has 0 aliphatic heterocycles. The van der Waals surface area contributed by atoms with Crippen molar-refractivity contribution in [2.75, 3.05) is 13.2 Å². The molecule has 0 aromatic heterocycles. The second-order valence-electron chi connectivity index (χ2n) is 2.28. The van der Waals surface area contributed by atoms with E-state index >= 15 is 0 Å². The van der Waals surface area contributed by atoms with E-state index in [0.717, 1.165) is 12.8 Å². The van der Waals surface area contributed by atoms with Crippen LogP contribution in [-0.4, -0.2) is 18.3 Å². The second-order valence-corrected chi connectivity index (χ2v) is 2.28. The summed E-state index contributed by atoms with van der Waals surface area (Å²) in [6, 6.07) is 0. The monoisotopic (exact) mass is 133 g/mol. The molecule has 0 radical (unpaired) electrons. The van der Waals surface area contributed by atoms with E-state index in [9.17, 15) is 0 Å². The van der Waals surface area contributed by atoms with Crippen LogP contribution >= 0.6 is 0 Å². The van der Waals surface area contributed by atoms with E-state index in [0.29, 0.717) is 12.5 Å². The van der Waals surface area contributed by atoms with Gasteiger partial charge in [0.2, 0.25) is 0 Å². The zero-order chi connectivity index (χ0) is 7.11. The quantitative estimate of drug-likeness (QED) is 0.530. The summed E-state index contributed by atoms with van der Waals surface area (Å²) in [5.41, 5.74) is 0. The van der Waals surface area contributed by atoms with E-state index in [2.05, 4.69) is 11.8 Å². The minimum absolute atomic E-state index is 0.256. The average molecular weight is 133 g/mol. The third-order valence-electron chi connectivity index (χ3n) is 1.35. The van der Waals surface area contributed by atoms with Crippen LogP contribution in [0.15, 0.2) is 0 Å². The standard InChI is InChI=1S/C6H15NO2/c1-6(2-4-8)3-5-9-7/h6,8H,2-5,7H2,1H3. The predicted octanol–water partition coefficient (Wildman–Crippen LogP) is 0.285. The Morgan fingerprint density at radius 3 is 2.67 bits per heavy atom. The van der Waals surface area contributed by atoms with Crippen molar-refractivity contribution in [2.24, 2.45) is 11.8 Å². The molecule has 0 amide bonds. The van der Waals surface area contributed by atoms with Crippen LogP contribution in [0.2, 0.25) is 0 Å². The van der Waals surface area contributed by atoms with Crippen molar-refractivity contribution < 1.29 is 9.94 Å². The maximum Gasteiger partial charge on any atom is 0.0681 e. The lowest BCUT2D eigenvalue weighted by atomic mass is 10.1. The Hall–Kier alpha value is -0.120. The van der Waals surface area contributed by atoms with Crippen LogP contribution in [0.3, 0.4) is 0 Å². The third kappa shape index (κ3) is 5.76. The Bertz CT molecular complexity index is 59.0. The molecule has 0 saturated heterocycles.